The van der Waals surface area contributed by atoms with Gasteiger partial charge in [-0.05, 0) is 6.92 Å². The van der Waals surface area contributed by atoms with Crippen molar-refractivity contribution in [2.24, 2.45) is 0 Å². The number of hydrogen-bond acceptors (Lipinski definition) is 9. The molecule has 11 heteroatoms. The van der Waals surface area contributed by atoms with E-state index in [1.165, 1.54) is 0 Å². The van der Waals surface area contributed by atoms with Crippen molar-refractivity contribution in [3.8, 4) is 5.75 Å². The first-order chi connectivity index (χ1) is 13.5. The van der Waals surface area contributed by atoms with E-state index in [1.807, 2.05) is 4.90 Å². The van der Waals surface area contributed by atoms with Gasteiger partial charge in [0.2, 0.25) is 5.75 Å². The van der Waals surface area contributed by atoms with E-state index < -0.39 is 35.1 Å². The lowest BCUT2D eigenvalue weighted by Gasteiger charge is -2.35. The van der Waals surface area contributed by atoms with Crippen LogP contribution in [-0.2, 0) is 14.2 Å². The first-order valence-electron chi connectivity index (χ1n) is 8.86. The highest BCUT2D eigenvalue weighted by atomic mass is 16.5. The van der Waals surface area contributed by atoms with Gasteiger partial charge >= 0.3 is 17.6 Å². The van der Waals surface area contributed by atoms with Crippen LogP contribution in [0, 0.1) is 0 Å². The number of alkyl carbamates (subject to hydrolysis) is 1. The van der Waals surface area contributed by atoms with Gasteiger partial charge in [-0.1, -0.05) is 0 Å². The van der Waals surface area contributed by atoms with Crippen LogP contribution in [0.4, 0.5) is 4.79 Å². The van der Waals surface area contributed by atoms with Crippen LogP contribution in [0.25, 0.3) is 6.20 Å². The van der Waals surface area contributed by atoms with E-state index >= 15 is 0 Å². The standard InChI is InChI=1S/C17H22N4O7/c1-3-28-17(25)18-11-8-10(20-4-6-27-7-5-20)9-21-14(11)19-12(16(24)26-2)13(22)15(21)23/h9,11,22H,3-8H2,1-2H3,(H,18,25). The Bertz CT molecular complexity index is 858. The number of rotatable bonds is 4. The summed E-state index contributed by atoms with van der Waals surface area (Å²) in [5, 5.41) is 12.8. The fourth-order valence-electron chi connectivity index (χ4n) is 3.14. The molecule has 3 heterocycles. The summed E-state index contributed by atoms with van der Waals surface area (Å²) in [5.41, 5.74) is -0.559. The van der Waals surface area contributed by atoms with E-state index in [-0.39, 0.29) is 12.4 Å². The summed E-state index contributed by atoms with van der Waals surface area (Å²) >= 11 is 0. The van der Waals surface area contributed by atoms with Crippen LogP contribution in [0.3, 0.4) is 0 Å². The SMILES string of the molecule is CCOC(=O)NC1CC(N2CCOCC2)=Cn2c1nc(C(=O)OC)c(O)c2=O. The van der Waals surface area contributed by atoms with Gasteiger partial charge in [-0.15, -0.1) is 0 Å². The number of aromatic hydroxyl groups is 1. The minimum atomic E-state index is -0.948. The van der Waals surface area contributed by atoms with E-state index in [0.717, 1.165) is 17.4 Å². The molecule has 2 aliphatic heterocycles. The Morgan fingerprint density at radius 2 is 2.11 bits per heavy atom. The lowest BCUT2D eigenvalue weighted by molar-refractivity contribution is 0.0510. The van der Waals surface area contributed by atoms with Gasteiger partial charge in [-0.3, -0.25) is 9.36 Å². The van der Waals surface area contributed by atoms with Crippen LogP contribution in [0.15, 0.2) is 10.5 Å². The van der Waals surface area contributed by atoms with Crippen LogP contribution < -0.4 is 10.9 Å². The quantitative estimate of drug-likeness (QED) is 0.680. The fourth-order valence-corrected chi connectivity index (χ4v) is 3.14. The maximum Gasteiger partial charge on any atom is 0.407 e. The van der Waals surface area contributed by atoms with Gasteiger partial charge in [-0.2, -0.15) is 0 Å². The molecule has 2 aliphatic rings. The molecule has 1 aromatic rings. The Morgan fingerprint density at radius 1 is 1.39 bits per heavy atom. The zero-order valence-corrected chi connectivity index (χ0v) is 15.6. The number of fused-ring (bicyclic) bond motifs is 1. The molecule has 1 aromatic heterocycles. The van der Waals surface area contributed by atoms with E-state index in [1.54, 1.807) is 13.1 Å². The number of aromatic nitrogens is 2. The molecule has 0 bridgehead atoms. The second-order valence-electron chi connectivity index (χ2n) is 6.18. The van der Waals surface area contributed by atoms with E-state index in [4.69, 9.17) is 9.47 Å². The predicted molar refractivity (Wildman–Crippen MR) is 95.7 cm³/mol. The molecule has 1 amide bonds. The van der Waals surface area contributed by atoms with Crippen LogP contribution in [0.2, 0.25) is 0 Å². The van der Waals surface area contributed by atoms with Crippen molar-refractivity contribution in [1.82, 2.24) is 19.8 Å². The Kier molecular flexibility index (Phi) is 5.83. The van der Waals surface area contributed by atoms with Crippen molar-refractivity contribution in [1.29, 1.82) is 0 Å². The molecule has 3 rings (SSSR count). The number of carbonyl (C=O) groups is 2. The highest BCUT2D eigenvalue weighted by molar-refractivity contribution is 5.90. The molecule has 2 N–H and O–H groups in total. The molecule has 0 radical (unpaired) electrons. The summed E-state index contributed by atoms with van der Waals surface area (Å²) in [6.07, 6.45) is 1.21. The van der Waals surface area contributed by atoms with E-state index in [9.17, 15) is 19.5 Å². The number of amides is 1. The molecule has 1 atom stereocenters. The Balaban J connectivity index is 2.07. The number of carbonyl (C=O) groups excluding carboxylic acids is 2. The monoisotopic (exact) mass is 394 g/mol. The number of morpholine rings is 1. The van der Waals surface area contributed by atoms with Crippen molar-refractivity contribution in [2.45, 2.75) is 19.4 Å². The van der Waals surface area contributed by atoms with Crippen molar-refractivity contribution < 1.29 is 28.9 Å². The van der Waals surface area contributed by atoms with Crippen molar-refractivity contribution in [3.63, 3.8) is 0 Å². The molecule has 0 aromatic carbocycles. The van der Waals surface area contributed by atoms with Crippen LogP contribution >= 0.6 is 0 Å². The number of nitrogens with one attached hydrogen (secondary N) is 1. The summed E-state index contributed by atoms with van der Waals surface area (Å²) in [6, 6.07) is -0.737. The van der Waals surface area contributed by atoms with Crippen LogP contribution in [0.5, 0.6) is 5.75 Å². The van der Waals surface area contributed by atoms with Gasteiger partial charge in [0.25, 0.3) is 0 Å². The summed E-state index contributed by atoms with van der Waals surface area (Å²) in [6.45, 7) is 4.18. The highest BCUT2D eigenvalue weighted by Gasteiger charge is 2.32. The van der Waals surface area contributed by atoms with Gasteiger partial charge in [0.15, 0.2) is 5.69 Å². The first-order valence-corrected chi connectivity index (χ1v) is 8.86. The van der Waals surface area contributed by atoms with Crippen LogP contribution in [-0.4, -0.2) is 71.6 Å². The van der Waals surface area contributed by atoms with Crippen molar-refractivity contribution in [2.75, 3.05) is 40.0 Å². The second kappa shape index (κ2) is 8.30. The normalized spacial score (nSPS) is 18.7. The largest absolute Gasteiger partial charge is 0.501 e. The van der Waals surface area contributed by atoms with Gasteiger partial charge in [0.1, 0.15) is 5.82 Å². The minimum absolute atomic E-state index is 0.105. The number of nitrogens with zero attached hydrogens (tertiary/aromatic N) is 3. The number of hydrogen-bond donors (Lipinski definition) is 2. The maximum atomic E-state index is 12.7. The third-order valence-electron chi connectivity index (χ3n) is 4.49. The Hall–Kier alpha value is -3.08. The highest BCUT2D eigenvalue weighted by Crippen LogP contribution is 2.29. The molecule has 28 heavy (non-hydrogen) atoms. The molecular weight excluding hydrogens is 372 g/mol. The third-order valence-corrected chi connectivity index (χ3v) is 4.49. The molecule has 0 spiro atoms. The summed E-state index contributed by atoms with van der Waals surface area (Å²) < 4.78 is 16.0. The third kappa shape index (κ3) is 3.79. The molecule has 1 saturated heterocycles. The average Bonchev–Trinajstić information content (AvgIpc) is 2.71. The van der Waals surface area contributed by atoms with Gasteiger partial charge < -0.3 is 29.5 Å². The molecule has 1 fully saturated rings. The predicted octanol–water partition coefficient (Wildman–Crippen LogP) is 0.0570. The van der Waals surface area contributed by atoms with E-state index in [2.05, 4.69) is 15.0 Å². The summed E-state index contributed by atoms with van der Waals surface area (Å²) in [4.78, 5) is 42.7. The maximum absolute atomic E-state index is 12.7. The van der Waals surface area contributed by atoms with Gasteiger partial charge in [-0.25, -0.2) is 14.6 Å². The van der Waals surface area contributed by atoms with Crippen LogP contribution in [0.1, 0.15) is 35.7 Å². The van der Waals surface area contributed by atoms with Crippen molar-refractivity contribution in [3.05, 3.63) is 27.6 Å². The lowest BCUT2D eigenvalue weighted by Crippen LogP contribution is -2.42. The Morgan fingerprint density at radius 3 is 2.75 bits per heavy atom. The first kappa shape index (κ1) is 19.7. The smallest absolute Gasteiger partial charge is 0.407 e. The molecule has 152 valence electrons. The number of esters is 1. The second-order valence-corrected chi connectivity index (χ2v) is 6.18. The van der Waals surface area contributed by atoms with Crippen molar-refractivity contribution >= 4 is 18.3 Å². The lowest BCUT2D eigenvalue weighted by atomic mass is 10.1. The van der Waals surface area contributed by atoms with Gasteiger partial charge in [0.05, 0.1) is 33.0 Å². The summed E-state index contributed by atoms with van der Waals surface area (Å²) in [5.74, 6) is -1.66. The molecule has 11 nitrogen and oxygen atoms in total. The zero-order valence-electron chi connectivity index (χ0n) is 15.6. The molecular formula is C17H22N4O7. The molecule has 0 aliphatic carbocycles. The average molecular weight is 394 g/mol. The zero-order chi connectivity index (χ0) is 20.3. The molecule has 1 unspecified atom stereocenters. The fraction of sp³-hybridized carbons (Fsp3) is 0.529. The topological polar surface area (TPSA) is 132 Å². The Labute approximate surface area is 160 Å². The minimum Gasteiger partial charge on any atom is -0.501 e. The molecule has 0 saturated carbocycles. The van der Waals surface area contributed by atoms with Gasteiger partial charge in [0, 0.05) is 31.4 Å². The summed E-state index contributed by atoms with van der Waals surface area (Å²) in [7, 11) is 1.12. The van der Waals surface area contributed by atoms with E-state index in [0.29, 0.717) is 32.7 Å². The number of methoxy groups -OCH3 is 1. The number of ether oxygens (including phenoxy) is 3.